The van der Waals surface area contributed by atoms with Crippen LogP contribution in [0.1, 0.15) is 31.8 Å². The van der Waals surface area contributed by atoms with Gasteiger partial charge >= 0.3 is 97.8 Å². The Morgan fingerprint density at radius 3 is 1.13 bits per heavy atom. The van der Waals surface area contributed by atoms with Crippen molar-refractivity contribution in [3.63, 3.8) is 0 Å². The average molecular weight is 1180 g/mol. The Bertz CT molecular complexity index is 2980. The van der Waals surface area contributed by atoms with E-state index < -0.39 is 117 Å². The fourth-order valence-corrected chi connectivity index (χ4v) is 8.87. The minimum Gasteiger partial charge on any atom is -0.744 e. The number of allylic oxidation sites excluding steroid dienone is 2. The number of ether oxygens (including phenoxy) is 2. The third-order valence-corrected chi connectivity index (χ3v) is 12.3. The molecule has 62 heavy (non-hydrogen) atoms. The first-order chi connectivity index (χ1) is 27.9. The molecule has 0 aliphatic heterocycles. The predicted molar refractivity (Wildman–Crippen MR) is 219 cm³/mol. The van der Waals surface area contributed by atoms with Gasteiger partial charge in [0.05, 0.1) is 67.7 Å². The number of methoxy groups -OCH3 is 2. The van der Waals surface area contributed by atoms with Crippen molar-refractivity contribution < 1.29 is 70.9 Å². The number of nitrogen functional groups attached to an aromatic ring is 2. The first-order valence-corrected chi connectivity index (χ1v) is 21.8. The van der Waals surface area contributed by atoms with Gasteiger partial charge in [-0.15, -0.1) is 0 Å². The van der Waals surface area contributed by atoms with E-state index in [9.17, 15) is 61.5 Å². The standard InChI is InChI=1S/C34H28N6O16S4.2Ba/c1-55-23-11-15(3-7-19(23)37-39-21-9-5-17-25(57(43,44)45)13-27(59(49,50)51)31(35)29(17)33(21)41)16-4-8-20(24(12-16)56-2)38-40-22-10-6-18-26(58(46,47)48)14-28(60(52,53)54)32(36)30(18)34(22)42;;/h3-14,37-38H,35-36H2,1-2H3,(H,43,44,45)(H,46,47,48)(H,49,50,51)(H,52,53,54);;/q;2*+2/p-4/b39-21+,40-22+;;. The summed E-state index contributed by atoms with van der Waals surface area (Å²) in [7, 11) is -19.0. The van der Waals surface area contributed by atoms with Crippen molar-refractivity contribution in [2.45, 2.75) is 19.6 Å². The third-order valence-electron chi connectivity index (χ3n) is 8.81. The van der Waals surface area contributed by atoms with Gasteiger partial charge in [0.2, 0.25) is 11.6 Å². The molecule has 0 saturated heterocycles. The Kier molecular flexibility index (Phi) is 15.7. The Morgan fingerprint density at radius 2 is 0.839 bits per heavy atom. The Balaban J connectivity index is 0.00000422. The molecule has 4 aromatic carbocycles. The van der Waals surface area contributed by atoms with Crippen LogP contribution < -0.4 is 31.8 Å². The van der Waals surface area contributed by atoms with Gasteiger partial charge in [-0.3, -0.25) is 20.4 Å². The molecule has 4 aromatic rings. The number of benzene rings is 4. The van der Waals surface area contributed by atoms with E-state index >= 15 is 0 Å². The Hall–Kier alpha value is -3.38. The zero-order valence-electron chi connectivity index (χ0n) is 31.6. The molecule has 22 nitrogen and oxygen atoms in total. The van der Waals surface area contributed by atoms with E-state index in [-0.39, 0.29) is 121 Å². The van der Waals surface area contributed by atoms with Gasteiger partial charge in [-0.05, 0) is 59.7 Å². The van der Waals surface area contributed by atoms with Crippen LogP contribution in [-0.4, -0.2) is 187 Å². The van der Waals surface area contributed by atoms with E-state index in [2.05, 4.69) is 21.1 Å². The van der Waals surface area contributed by atoms with Crippen molar-refractivity contribution in [3.05, 3.63) is 82.9 Å². The summed E-state index contributed by atoms with van der Waals surface area (Å²) in [6, 6.07) is 9.85. The van der Waals surface area contributed by atoms with E-state index in [1.807, 2.05) is 0 Å². The number of carbonyl (C=O) groups is 2. The van der Waals surface area contributed by atoms with Crippen molar-refractivity contribution in [1.29, 1.82) is 0 Å². The molecule has 0 spiro atoms. The molecular formula is C34H24Ba2N6O16S4. The number of hydrazone groups is 2. The largest absolute Gasteiger partial charge is 2.00 e. The second-order valence-corrected chi connectivity index (χ2v) is 17.7. The fourth-order valence-electron chi connectivity index (χ4n) is 6.05. The van der Waals surface area contributed by atoms with Crippen molar-refractivity contribution in [2.24, 2.45) is 10.2 Å². The topological polar surface area (TPSA) is 382 Å². The Morgan fingerprint density at radius 1 is 0.516 bits per heavy atom. The molecule has 314 valence electrons. The number of nitrogens with zero attached hydrogens (tertiary/aromatic N) is 2. The summed E-state index contributed by atoms with van der Waals surface area (Å²) >= 11 is 0. The van der Waals surface area contributed by atoms with Gasteiger partial charge in [-0.2, -0.15) is 10.2 Å². The predicted octanol–water partition coefficient (Wildman–Crippen LogP) is 0.745. The molecule has 0 amide bonds. The van der Waals surface area contributed by atoms with Gasteiger partial charge in [0.15, 0.2) is 0 Å². The molecule has 0 fully saturated rings. The summed E-state index contributed by atoms with van der Waals surface area (Å²) in [6.45, 7) is 0. The number of nitrogens with one attached hydrogen (secondary N) is 2. The number of carbonyl (C=O) groups excluding carboxylic acids is 2. The third kappa shape index (κ3) is 10.3. The maximum Gasteiger partial charge on any atom is 2.00 e. The molecule has 0 bridgehead atoms. The van der Waals surface area contributed by atoms with Crippen LogP contribution in [0.4, 0.5) is 22.7 Å². The molecule has 2 aliphatic rings. The number of hydrogen-bond acceptors (Lipinski definition) is 22. The zero-order valence-corrected chi connectivity index (χ0v) is 43.7. The van der Waals surface area contributed by atoms with Crippen LogP contribution in [0, 0.1) is 0 Å². The number of nitrogens with two attached hydrogens (primary N) is 2. The molecule has 0 radical (unpaired) electrons. The summed E-state index contributed by atoms with van der Waals surface area (Å²) in [5.41, 5.74) is 13.1. The average Bonchev–Trinajstić information content (AvgIpc) is 3.15. The van der Waals surface area contributed by atoms with Crippen LogP contribution >= 0.6 is 0 Å². The van der Waals surface area contributed by atoms with Gasteiger partial charge in [0, 0.05) is 11.1 Å². The SMILES string of the molecule is COc1cc(-c2ccc(N/N=C3\C=Cc4c(S(=O)(=O)[O-])cc(S(=O)(=O)[O-])c(N)c4C3=O)c(OC)c2)ccc1N/N=C1\C=Cc2c(S(=O)(=O)[O-])cc(S(=O)(=O)[O-])c(N)c2C1=O.[Ba+2].[Ba+2]. The van der Waals surface area contributed by atoms with Crippen LogP contribution in [0.15, 0.2) is 90.5 Å². The first-order valence-electron chi connectivity index (χ1n) is 16.1. The molecule has 0 aromatic heterocycles. The van der Waals surface area contributed by atoms with Gasteiger partial charge in [0.25, 0.3) is 0 Å². The number of Topliss-reactive ketones (excluding diaryl/α,β-unsaturated/α-hetero) is 2. The number of rotatable bonds is 11. The van der Waals surface area contributed by atoms with Crippen LogP contribution in [0.3, 0.4) is 0 Å². The molecule has 6 rings (SSSR count). The molecule has 0 heterocycles. The summed E-state index contributed by atoms with van der Waals surface area (Å²) in [5.74, 6) is -1.89. The van der Waals surface area contributed by atoms with Crippen molar-refractivity contribution >= 4 is 196 Å². The van der Waals surface area contributed by atoms with Crippen molar-refractivity contribution in [1.82, 2.24) is 0 Å². The van der Waals surface area contributed by atoms with E-state index in [1.54, 1.807) is 24.3 Å². The summed E-state index contributed by atoms with van der Waals surface area (Å²) < 4.78 is 153. The zero-order chi connectivity index (χ0) is 44.3. The van der Waals surface area contributed by atoms with E-state index in [0.717, 1.165) is 24.3 Å². The van der Waals surface area contributed by atoms with Gasteiger partial charge in [-0.1, -0.05) is 24.3 Å². The summed E-state index contributed by atoms with van der Waals surface area (Å²) in [4.78, 5) is 21.9. The smallest absolute Gasteiger partial charge is 0.744 e. The van der Waals surface area contributed by atoms with Crippen LogP contribution in [0.2, 0.25) is 0 Å². The fraction of sp³-hybridized carbons (Fsp3) is 0.0588. The molecule has 28 heteroatoms. The maximum absolute atomic E-state index is 13.4. The quantitative estimate of drug-likeness (QED) is 0.0696. The van der Waals surface area contributed by atoms with E-state index in [1.165, 1.54) is 26.4 Å². The molecule has 2 aliphatic carbocycles. The monoisotopic (exact) mass is 1180 g/mol. The van der Waals surface area contributed by atoms with Crippen molar-refractivity contribution in [2.75, 3.05) is 36.5 Å². The number of anilines is 4. The summed E-state index contributed by atoms with van der Waals surface area (Å²) in [5, 5.41) is 8.00. The van der Waals surface area contributed by atoms with Crippen LogP contribution in [0.5, 0.6) is 11.5 Å². The molecule has 6 N–H and O–H groups in total. The summed E-state index contributed by atoms with van der Waals surface area (Å²) in [6.07, 6.45) is 4.07. The normalized spacial score (nSPS) is 15.0. The van der Waals surface area contributed by atoms with Gasteiger partial charge in [-0.25, -0.2) is 33.7 Å². The van der Waals surface area contributed by atoms with Crippen LogP contribution in [-0.2, 0) is 40.5 Å². The number of ketones is 2. The van der Waals surface area contributed by atoms with Gasteiger partial charge in [0.1, 0.15) is 63.4 Å². The van der Waals surface area contributed by atoms with Crippen LogP contribution in [0.25, 0.3) is 23.3 Å². The molecule has 0 atom stereocenters. The van der Waals surface area contributed by atoms with E-state index in [0.29, 0.717) is 23.3 Å². The van der Waals surface area contributed by atoms with Gasteiger partial charge < -0.3 is 39.2 Å². The minimum absolute atomic E-state index is 0. The number of fused-ring (bicyclic) bond motifs is 2. The maximum atomic E-state index is 13.4. The molecule has 0 saturated carbocycles. The second-order valence-electron chi connectivity index (χ2n) is 12.3. The molecule has 0 unspecified atom stereocenters. The first kappa shape index (κ1) is 51.3. The molecular weight excluding hydrogens is 1150 g/mol. The van der Waals surface area contributed by atoms with E-state index in [4.69, 9.17) is 20.9 Å². The van der Waals surface area contributed by atoms with Crippen molar-refractivity contribution in [3.8, 4) is 22.6 Å². The minimum atomic E-state index is -5.43. The Labute approximate surface area is 433 Å². The second kappa shape index (κ2) is 19.0. The number of hydrogen-bond donors (Lipinski definition) is 4.